The molecule has 1 aliphatic rings. The number of carbonyl (C=O) groups excluding carboxylic acids is 1. The van der Waals surface area contributed by atoms with Crippen molar-refractivity contribution in [3.8, 4) is 0 Å². The molecule has 136 valence electrons. The Bertz CT molecular complexity index is 852. The summed E-state index contributed by atoms with van der Waals surface area (Å²) in [5.41, 5.74) is 2.00. The van der Waals surface area contributed by atoms with Crippen molar-refractivity contribution in [2.24, 2.45) is 11.0 Å². The number of ether oxygens (including phenoxy) is 1. The zero-order valence-electron chi connectivity index (χ0n) is 14.2. The lowest BCUT2D eigenvalue weighted by Gasteiger charge is -2.27. The average molecular weight is 412 g/mol. The van der Waals surface area contributed by atoms with E-state index < -0.39 is 5.97 Å². The van der Waals surface area contributed by atoms with Crippen LogP contribution >= 0.6 is 34.8 Å². The van der Waals surface area contributed by atoms with Crippen LogP contribution in [0.3, 0.4) is 0 Å². The van der Waals surface area contributed by atoms with E-state index in [1.165, 1.54) is 0 Å². The van der Waals surface area contributed by atoms with Gasteiger partial charge in [0, 0.05) is 16.0 Å². The Morgan fingerprint density at radius 1 is 1.12 bits per heavy atom. The lowest BCUT2D eigenvalue weighted by atomic mass is 9.91. The van der Waals surface area contributed by atoms with Crippen LogP contribution in [0.5, 0.6) is 0 Å². The third-order valence-corrected chi connectivity index (χ3v) is 5.03. The fourth-order valence-electron chi connectivity index (χ4n) is 3.02. The average Bonchev–Trinajstić information content (AvgIpc) is 2.93. The van der Waals surface area contributed by atoms with E-state index in [2.05, 4.69) is 5.10 Å². The van der Waals surface area contributed by atoms with Crippen molar-refractivity contribution in [1.82, 2.24) is 0 Å². The maximum atomic E-state index is 12.3. The van der Waals surface area contributed by atoms with Gasteiger partial charge in [-0.2, -0.15) is 5.10 Å². The number of carbonyl (C=O) groups is 1. The number of nitrogens with zero attached hydrogens (tertiary/aromatic N) is 2. The van der Waals surface area contributed by atoms with Crippen LogP contribution in [0.2, 0.25) is 15.1 Å². The number of hydrogen-bond donors (Lipinski definition) is 0. The third-order valence-electron chi connectivity index (χ3n) is 4.24. The van der Waals surface area contributed by atoms with E-state index >= 15 is 0 Å². The molecule has 0 fully saturated rings. The SMILES string of the molecule is CCOC(=O)C1=NN(c2ccc(Cl)cc2Cl)[C@@H](c2ccc(Cl)cc2)[C@@H]1C. The summed E-state index contributed by atoms with van der Waals surface area (Å²) in [5.74, 6) is -0.617. The van der Waals surface area contributed by atoms with Crippen LogP contribution in [0.15, 0.2) is 47.6 Å². The number of benzene rings is 2. The van der Waals surface area contributed by atoms with E-state index in [0.29, 0.717) is 26.5 Å². The first-order valence-corrected chi connectivity index (χ1v) is 9.31. The van der Waals surface area contributed by atoms with Crippen molar-refractivity contribution in [1.29, 1.82) is 0 Å². The summed E-state index contributed by atoms with van der Waals surface area (Å²) in [6.45, 7) is 4.00. The molecule has 0 radical (unpaired) electrons. The summed E-state index contributed by atoms with van der Waals surface area (Å²) in [5, 5.41) is 7.92. The van der Waals surface area contributed by atoms with Crippen molar-refractivity contribution >= 4 is 52.2 Å². The molecule has 0 N–H and O–H groups in total. The van der Waals surface area contributed by atoms with Crippen molar-refractivity contribution < 1.29 is 9.53 Å². The van der Waals surface area contributed by atoms with Crippen LogP contribution in [0, 0.1) is 5.92 Å². The van der Waals surface area contributed by atoms with Crippen LogP contribution in [0.4, 0.5) is 5.69 Å². The molecule has 0 aromatic heterocycles. The van der Waals surface area contributed by atoms with Gasteiger partial charge in [-0.3, -0.25) is 5.01 Å². The molecule has 0 aliphatic carbocycles. The highest BCUT2D eigenvalue weighted by molar-refractivity contribution is 6.39. The number of esters is 1. The molecule has 0 saturated heterocycles. The molecule has 2 aromatic rings. The normalized spacial score (nSPS) is 19.4. The van der Waals surface area contributed by atoms with E-state index in [1.54, 1.807) is 30.1 Å². The van der Waals surface area contributed by atoms with Crippen molar-refractivity contribution in [3.63, 3.8) is 0 Å². The highest BCUT2D eigenvalue weighted by Gasteiger charge is 2.40. The monoisotopic (exact) mass is 410 g/mol. The molecule has 26 heavy (non-hydrogen) atoms. The molecule has 4 nitrogen and oxygen atoms in total. The Labute approximate surface area is 167 Å². The minimum atomic E-state index is -0.424. The summed E-state index contributed by atoms with van der Waals surface area (Å²) in [6.07, 6.45) is 0. The first-order chi connectivity index (χ1) is 12.4. The van der Waals surface area contributed by atoms with Gasteiger partial charge in [0.05, 0.1) is 23.4 Å². The molecule has 1 aliphatic heterocycles. The second-order valence-electron chi connectivity index (χ2n) is 5.93. The smallest absolute Gasteiger partial charge is 0.354 e. The van der Waals surface area contributed by atoms with Crippen LogP contribution < -0.4 is 5.01 Å². The van der Waals surface area contributed by atoms with Gasteiger partial charge in [-0.15, -0.1) is 0 Å². The first kappa shape index (κ1) is 19.0. The lowest BCUT2D eigenvalue weighted by Crippen LogP contribution is -2.27. The summed E-state index contributed by atoms with van der Waals surface area (Å²) in [7, 11) is 0. The van der Waals surface area contributed by atoms with Gasteiger partial charge in [-0.1, -0.05) is 53.9 Å². The van der Waals surface area contributed by atoms with Crippen LogP contribution in [0.1, 0.15) is 25.5 Å². The Balaban J connectivity index is 2.08. The van der Waals surface area contributed by atoms with Gasteiger partial charge in [0.25, 0.3) is 0 Å². The number of hydrazone groups is 1. The number of halogens is 3. The van der Waals surface area contributed by atoms with Crippen molar-refractivity contribution in [2.75, 3.05) is 11.6 Å². The highest BCUT2D eigenvalue weighted by Crippen LogP contribution is 2.42. The molecule has 3 rings (SSSR count). The molecule has 2 atom stereocenters. The predicted molar refractivity (Wildman–Crippen MR) is 106 cm³/mol. The number of rotatable bonds is 4. The van der Waals surface area contributed by atoms with Crippen molar-refractivity contribution in [3.05, 3.63) is 63.1 Å². The second kappa shape index (κ2) is 7.87. The minimum Gasteiger partial charge on any atom is -0.461 e. The summed E-state index contributed by atoms with van der Waals surface area (Å²) >= 11 is 18.4. The molecule has 7 heteroatoms. The molecular formula is C19H17Cl3N2O2. The third kappa shape index (κ3) is 3.68. The Morgan fingerprint density at radius 2 is 1.77 bits per heavy atom. The van der Waals surface area contributed by atoms with Gasteiger partial charge in [-0.05, 0) is 42.8 Å². The largest absolute Gasteiger partial charge is 0.461 e. The molecule has 0 unspecified atom stereocenters. The fourth-order valence-corrected chi connectivity index (χ4v) is 3.64. The van der Waals surface area contributed by atoms with E-state index in [9.17, 15) is 4.79 Å². The first-order valence-electron chi connectivity index (χ1n) is 8.17. The van der Waals surface area contributed by atoms with Gasteiger partial charge in [0.15, 0.2) is 5.71 Å². The Morgan fingerprint density at radius 3 is 2.38 bits per heavy atom. The van der Waals surface area contributed by atoms with Crippen LogP contribution in [-0.4, -0.2) is 18.3 Å². The van der Waals surface area contributed by atoms with Crippen molar-refractivity contribution in [2.45, 2.75) is 19.9 Å². The quantitative estimate of drug-likeness (QED) is 0.600. The predicted octanol–water partition coefficient (Wildman–Crippen LogP) is 5.76. The van der Waals surface area contributed by atoms with Crippen LogP contribution in [0.25, 0.3) is 0 Å². The summed E-state index contributed by atoms with van der Waals surface area (Å²) in [4.78, 5) is 12.3. The minimum absolute atomic E-state index is 0.193. The molecule has 1 heterocycles. The van der Waals surface area contributed by atoms with E-state index in [1.807, 2.05) is 31.2 Å². The summed E-state index contributed by atoms with van der Waals surface area (Å²) < 4.78 is 5.16. The molecule has 0 bridgehead atoms. The number of hydrogen-bond acceptors (Lipinski definition) is 4. The molecular weight excluding hydrogens is 395 g/mol. The van der Waals surface area contributed by atoms with Gasteiger partial charge >= 0.3 is 5.97 Å². The van der Waals surface area contributed by atoms with E-state index in [4.69, 9.17) is 39.5 Å². The highest BCUT2D eigenvalue weighted by atomic mass is 35.5. The number of anilines is 1. The zero-order valence-corrected chi connectivity index (χ0v) is 16.5. The maximum Gasteiger partial charge on any atom is 0.354 e. The van der Waals surface area contributed by atoms with Gasteiger partial charge in [0.2, 0.25) is 0 Å². The Hall–Kier alpha value is -1.75. The second-order valence-corrected chi connectivity index (χ2v) is 7.21. The fraction of sp³-hybridized carbons (Fsp3) is 0.263. The molecule has 0 saturated carbocycles. The standard InChI is InChI=1S/C19H17Cl3N2O2/c1-3-26-19(25)17-11(2)18(12-4-6-13(20)7-5-12)24(23-17)16-9-8-14(21)10-15(16)22/h4-11,18H,3H2,1-2H3/t11-,18-/m1/s1. The van der Waals surface area contributed by atoms with Crippen LogP contribution in [-0.2, 0) is 9.53 Å². The molecule has 0 amide bonds. The topological polar surface area (TPSA) is 41.9 Å². The van der Waals surface area contributed by atoms with Gasteiger partial charge < -0.3 is 4.74 Å². The maximum absolute atomic E-state index is 12.3. The molecule has 0 spiro atoms. The Kier molecular flexibility index (Phi) is 5.76. The van der Waals surface area contributed by atoms with E-state index in [0.717, 1.165) is 5.56 Å². The zero-order chi connectivity index (χ0) is 18.8. The lowest BCUT2D eigenvalue weighted by molar-refractivity contribution is -0.135. The van der Waals surface area contributed by atoms with Gasteiger partial charge in [-0.25, -0.2) is 4.79 Å². The molecule has 2 aromatic carbocycles. The van der Waals surface area contributed by atoms with E-state index in [-0.39, 0.29) is 18.6 Å². The van der Waals surface area contributed by atoms with Gasteiger partial charge in [0.1, 0.15) is 0 Å². The summed E-state index contributed by atoms with van der Waals surface area (Å²) in [6, 6.07) is 12.4.